The Hall–Kier alpha value is -0.160. The van der Waals surface area contributed by atoms with E-state index in [0.29, 0.717) is 0 Å². The van der Waals surface area contributed by atoms with Crippen LogP contribution < -0.4 is 0 Å². The van der Waals surface area contributed by atoms with Gasteiger partial charge >= 0.3 is 0 Å². The van der Waals surface area contributed by atoms with Gasteiger partial charge in [-0.25, -0.2) is 0 Å². The van der Waals surface area contributed by atoms with Gasteiger partial charge in [-0.2, -0.15) is 0 Å². The fraction of sp³-hybridized carbons (Fsp3) is 1.00. The van der Waals surface area contributed by atoms with Crippen LogP contribution in [0.4, 0.5) is 0 Å². The Labute approximate surface area is 92.8 Å². The van der Waals surface area contributed by atoms with Gasteiger partial charge in [-0.1, -0.05) is 0 Å². The lowest BCUT2D eigenvalue weighted by Crippen LogP contribution is -2.49. The lowest BCUT2D eigenvalue weighted by atomic mass is 9.99. The molecule has 4 nitrogen and oxygen atoms in total. The third kappa shape index (κ3) is 3.14. The molecule has 1 rings (SSSR count). The number of likely N-dealkylation sites (tertiary alicyclic amines) is 1. The molecule has 0 aliphatic carbocycles. The first-order valence-electron chi connectivity index (χ1n) is 5.64. The summed E-state index contributed by atoms with van der Waals surface area (Å²) in [5.74, 6) is 0. The third-order valence-electron chi connectivity index (χ3n) is 3.48. The Kier molecular flexibility index (Phi) is 4.99. The zero-order chi connectivity index (χ0) is 11.3. The minimum Gasteiger partial charge on any atom is -0.394 e. The van der Waals surface area contributed by atoms with E-state index in [1.54, 1.807) is 7.11 Å². The van der Waals surface area contributed by atoms with Crippen LogP contribution >= 0.6 is 0 Å². The minimum absolute atomic E-state index is 0.0208. The van der Waals surface area contributed by atoms with Gasteiger partial charge in [0.2, 0.25) is 0 Å². The molecule has 0 saturated carbocycles. The molecule has 0 spiro atoms. The van der Waals surface area contributed by atoms with Crippen LogP contribution in [0.3, 0.4) is 0 Å². The van der Waals surface area contributed by atoms with Crippen LogP contribution in [0.25, 0.3) is 0 Å². The molecule has 0 aromatic heterocycles. The van der Waals surface area contributed by atoms with Crippen LogP contribution in [0.15, 0.2) is 0 Å². The molecule has 1 aliphatic heterocycles. The zero-order valence-corrected chi connectivity index (χ0v) is 10.2. The zero-order valence-electron chi connectivity index (χ0n) is 10.2. The van der Waals surface area contributed by atoms with Crippen LogP contribution in [0.2, 0.25) is 0 Å². The van der Waals surface area contributed by atoms with Crippen molar-refractivity contribution in [2.45, 2.75) is 18.4 Å². The number of nitrogens with zero attached hydrogens (tertiary/aromatic N) is 2. The second-order valence-corrected chi connectivity index (χ2v) is 4.65. The van der Waals surface area contributed by atoms with Gasteiger partial charge < -0.3 is 19.6 Å². The number of ether oxygens (including phenoxy) is 1. The van der Waals surface area contributed by atoms with Crippen LogP contribution in [0, 0.1) is 0 Å². The van der Waals surface area contributed by atoms with Crippen LogP contribution in [-0.4, -0.2) is 74.5 Å². The van der Waals surface area contributed by atoms with E-state index < -0.39 is 0 Å². The second-order valence-electron chi connectivity index (χ2n) is 4.65. The highest BCUT2D eigenvalue weighted by atomic mass is 16.5. The average Bonchev–Trinajstić information content (AvgIpc) is 2.63. The number of aliphatic hydroxyl groups is 1. The van der Waals surface area contributed by atoms with Gasteiger partial charge in [-0.3, -0.25) is 0 Å². The Morgan fingerprint density at radius 1 is 1.47 bits per heavy atom. The summed E-state index contributed by atoms with van der Waals surface area (Å²) < 4.78 is 5.04. The lowest BCUT2D eigenvalue weighted by molar-refractivity contribution is 0.0732. The molecule has 0 bridgehead atoms. The van der Waals surface area contributed by atoms with Crippen LogP contribution in [0.1, 0.15) is 12.8 Å². The first-order valence-corrected chi connectivity index (χ1v) is 5.64. The van der Waals surface area contributed by atoms with Crippen molar-refractivity contribution >= 4 is 0 Å². The number of hydrogen-bond donors (Lipinski definition) is 1. The minimum atomic E-state index is -0.0208. The summed E-state index contributed by atoms with van der Waals surface area (Å²) in [6.07, 6.45) is 2.13. The van der Waals surface area contributed by atoms with Gasteiger partial charge in [-0.15, -0.1) is 0 Å². The molecule has 1 saturated heterocycles. The molecule has 1 aliphatic rings. The largest absolute Gasteiger partial charge is 0.394 e. The Balaban J connectivity index is 2.36. The predicted octanol–water partition coefficient (Wildman–Crippen LogP) is 0.0213. The van der Waals surface area contributed by atoms with Gasteiger partial charge in [-0.05, 0) is 26.9 Å². The van der Waals surface area contributed by atoms with Crippen molar-refractivity contribution in [3.05, 3.63) is 0 Å². The SMILES string of the molecule is COCCCN1CCC(CO)(N(C)C)C1. The Morgan fingerprint density at radius 3 is 2.67 bits per heavy atom. The van der Waals surface area contributed by atoms with E-state index in [-0.39, 0.29) is 12.1 Å². The van der Waals surface area contributed by atoms with Crippen LogP contribution in [0.5, 0.6) is 0 Å². The molecule has 1 fully saturated rings. The summed E-state index contributed by atoms with van der Waals surface area (Å²) >= 11 is 0. The van der Waals surface area contributed by atoms with Gasteiger partial charge in [0.15, 0.2) is 0 Å². The van der Waals surface area contributed by atoms with Gasteiger partial charge in [0.1, 0.15) is 0 Å². The maximum absolute atomic E-state index is 9.48. The molecular formula is C11H24N2O2. The summed E-state index contributed by atoms with van der Waals surface area (Å²) in [5, 5.41) is 9.48. The number of rotatable bonds is 6. The number of likely N-dealkylation sites (N-methyl/N-ethyl adjacent to an activating group) is 1. The first-order chi connectivity index (χ1) is 7.14. The standard InChI is InChI=1S/C11H24N2O2/c1-12(2)11(10-14)5-7-13(9-11)6-4-8-15-3/h14H,4-10H2,1-3H3. The highest BCUT2D eigenvalue weighted by molar-refractivity contribution is 4.96. The lowest BCUT2D eigenvalue weighted by Gasteiger charge is -2.34. The summed E-state index contributed by atoms with van der Waals surface area (Å²) in [7, 11) is 5.84. The molecule has 90 valence electrons. The van der Waals surface area contributed by atoms with E-state index in [0.717, 1.165) is 39.1 Å². The van der Waals surface area contributed by atoms with Crippen molar-refractivity contribution in [3.8, 4) is 0 Å². The summed E-state index contributed by atoms with van der Waals surface area (Å²) in [6.45, 7) is 4.21. The number of methoxy groups -OCH3 is 1. The Morgan fingerprint density at radius 2 is 2.20 bits per heavy atom. The normalized spacial score (nSPS) is 27.8. The highest BCUT2D eigenvalue weighted by Gasteiger charge is 2.38. The predicted molar refractivity (Wildman–Crippen MR) is 61.1 cm³/mol. The highest BCUT2D eigenvalue weighted by Crippen LogP contribution is 2.25. The maximum Gasteiger partial charge on any atom is 0.0628 e. The molecule has 0 aromatic rings. The average molecular weight is 216 g/mol. The van der Waals surface area contributed by atoms with Gasteiger partial charge in [0.25, 0.3) is 0 Å². The van der Waals surface area contributed by atoms with Crippen molar-refractivity contribution in [1.29, 1.82) is 0 Å². The van der Waals surface area contributed by atoms with Gasteiger partial charge in [0.05, 0.1) is 12.1 Å². The van der Waals surface area contributed by atoms with E-state index >= 15 is 0 Å². The van der Waals surface area contributed by atoms with E-state index in [9.17, 15) is 5.11 Å². The summed E-state index contributed by atoms with van der Waals surface area (Å²) in [4.78, 5) is 4.57. The van der Waals surface area contributed by atoms with Crippen molar-refractivity contribution in [2.24, 2.45) is 0 Å². The summed E-state index contributed by atoms with van der Waals surface area (Å²) in [6, 6.07) is 0. The van der Waals surface area contributed by atoms with Crippen molar-refractivity contribution in [1.82, 2.24) is 9.80 Å². The van der Waals surface area contributed by atoms with E-state index in [1.807, 2.05) is 0 Å². The smallest absolute Gasteiger partial charge is 0.0628 e. The van der Waals surface area contributed by atoms with Crippen LogP contribution in [-0.2, 0) is 4.74 Å². The molecule has 0 radical (unpaired) electrons. The molecule has 1 unspecified atom stereocenters. The fourth-order valence-corrected chi connectivity index (χ4v) is 2.20. The first kappa shape index (κ1) is 12.9. The second kappa shape index (κ2) is 5.80. The van der Waals surface area contributed by atoms with Gasteiger partial charge in [0, 0.05) is 33.4 Å². The van der Waals surface area contributed by atoms with E-state index in [1.165, 1.54) is 0 Å². The van der Waals surface area contributed by atoms with E-state index in [4.69, 9.17) is 4.74 Å². The summed E-state index contributed by atoms with van der Waals surface area (Å²) in [5.41, 5.74) is -0.0208. The van der Waals surface area contributed by atoms with E-state index in [2.05, 4.69) is 23.9 Å². The maximum atomic E-state index is 9.48. The fourth-order valence-electron chi connectivity index (χ4n) is 2.20. The molecule has 4 heteroatoms. The Bertz CT molecular complexity index is 187. The third-order valence-corrected chi connectivity index (χ3v) is 3.48. The molecule has 0 amide bonds. The van der Waals surface area contributed by atoms with Crippen molar-refractivity contribution in [3.63, 3.8) is 0 Å². The van der Waals surface area contributed by atoms with Crippen molar-refractivity contribution < 1.29 is 9.84 Å². The molecule has 1 heterocycles. The number of hydrogen-bond acceptors (Lipinski definition) is 4. The van der Waals surface area contributed by atoms with Crippen molar-refractivity contribution in [2.75, 3.05) is 54.1 Å². The topological polar surface area (TPSA) is 35.9 Å². The molecule has 1 N–H and O–H groups in total. The number of aliphatic hydroxyl groups excluding tert-OH is 1. The monoisotopic (exact) mass is 216 g/mol. The molecule has 15 heavy (non-hydrogen) atoms. The molecule has 1 atom stereocenters. The quantitative estimate of drug-likeness (QED) is 0.635. The molecular weight excluding hydrogens is 192 g/mol. The molecule has 0 aromatic carbocycles.